The Hall–Kier alpha value is -3.02. The Morgan fingerprint density at radius 3 is 2.67 bits per heavy atom. The van der Waals surface area contributed by atoms with Gasteiger partial charge >= 0.3 is 0 Å². The third-order valence-corrected chi connectivity index (χ3v) is 5.84. The number of rotatable bonds is 7. The summed E-state index contributed by atoms with van der Waals surface area (Å²) < 4.78 is 28.9. The van der Waals surface area contributed by atoms with Gasteiger partial charge in [0.2, 0.25) is 10.0 Å². The number of nitrogens with two attached hydrogens (primary N) is 1. The number of hydrogen-bond acceptors (Lipinski definition) is 7. The lowest BCUT2D eigenvalue weighted by Gasteiger charge is -2.10. The molecule has 0 saturated carbocycles. The van der Waals surface area contributed by atoms with Crippen molar-refractivity contribution < 1.29 is 13.3 Å². The van der Waals surface area contributed by atoms with Crippen LogP contribution in [-0.2, 0) is 21.9 Å². The zero-order valence-corrected chi connectivity index (χ0v) is 18.1. The van der Waals surface area contributed by atoms with Gasteiger partial charge in [-0.25, -0.2) is 27.8 Å². The topological polar surface area (TPSA) is 137 Å². The molecule has 2 aromatic heterocycles. The van der Waals surface area contributed by atoms with Crippen molar-refractivity contribution in [2.75, 3.05) is 13.7 Å². The Morgan fingerprint density at radius 1 is 1.27 bits per heavy atom. The Balaban J connectivity index is 2.22. The fourth-order valence-electron chi connectivity index (χ4n) is 2.60. The molecule has 10 nitrogen and oxygen atoms in total. The molecular formula is C18H20ClN7O3S. The fraction of sp³-hybridized carbons (Fsp3) is 0.222. The van der Waals surface area contributed by atoms with Crippen LogP contribution >= 0.6 is 11.6 Å². The highest BCUT2D eigenvalue weighted by Crippen LogP contribution is 2.29. The molecule has 0 fully saturated rings. The Morgan fingerprint density at radius 2 is 2.00 bits per heavy atom. The first-order valence-electron chi connectivity index (χ1n) is 8.85. The quantitative estimate of drug-likeness (QED) is 0.318. The Labute approximate surface area is 178 Å². The maximum absolute atomic E-state index is 12.6. The SMILES string of the molecule is CCO/N=C(\N)c1ccc(S(=O)(=O)NC)c(-c2nc(-c3ccccc3Cl)nn2C)n1. The minimum atomic E-state index is -3.85. The summed E-state index contributed by atoms with van der Waals surface area (Å²) in [7, 11) is -0.910. The van der Waals surface area contributed by atoms with E-state index in [1.54, 1.807) is 38.2 Å². The van der Waals surface area contributed by atoms with Gasteiger partial charge in [-0.05, 0) is 38.2 Å². The van der Waals surface area contributed by atoms with Crippen LogP contribution in [-0.4, -0.2) is 47.7 Å². The van der Waals surface area contributed by atoms with E-state index < -0.39 is 10.0 Å². The molecule has 30 heavy (non-hydrogen) atoms. The molecule has 1 aromatic carbocycles. The number of nitrogens with zero attached hydrogens (tertiary/aromatic N) is 5. The fourth-order valence-corrected chi connectivity index (χ4v) is 3.68. The Kier molecular flexibility index (Phi) is 6.34. The van der Waals surface area contributed by atoms with E-state index in [0.29, 0.717) is 23.0 Å². The number of sulfonamides is 1. The monoisotopic (exact) mass is 449 g/mol. The molecule has 0 spiro atoms. The smallest absolute Gasteiger partial charge is 0.242 e. The molecule has 0 bridgehead atoms. The van der Waals surface area contributed by atoms with E-state index in [4.69, 9.17) is 22.2 Å². The second-order valence-corrected chi connectivity index (χ2v) is 8.27. The van der Waals surface area contributed by atoms with Crippen molar-refractivity contribution in [1.82, 2.24) is 24.5 Å². The molecular weight excluding hydrogens is 430 g/mol. The highest BCUT2D eigenvalue weighted by Gasteiger charge is 2.25. The summed E-state index contributed by atoms with van der Waals surface area (Å²) >= 11 is 6.25. The second-order valence-electron chi connectivity index (χ2n) is 6.01. The molecule has 12 heteroatoms. The normalized spacial score (nSPS) is 12.2. The lowest BCUT2D eigenvalue weighted by Crippen LogP contribution is -2.22. The molecule has 3 aromatic rings. The average Bonchev–Trinajstić information content (AvgIpc) is 3.13. The van der Waals surface area contributed by atoms with Crippen LogP contribution in [0.25, 0.3) is 22.9 Å². The molecule has 0 aliphatic rings. The van der Waals surface area contributed by atoms with E-state index in [9.17, 15) is 8.42 Å². The predicted molar refractivity (Wildman–Crippen MR) is 113 cm³/mol. The van der Waals surface area contributed by atoms with Crippen LogP contribution in [0, 0.1) is 0 Å². The zero-order chi connectivity index (χ0) is 21.9. The van der Waals surface area contributed by atoms with Gasteiger partial charge < -0.3 is 10.6 Å². The lowest BCUT2D eigenvalue weighted by atomic mass is 10.2. The van der Waals surface area contributed by atoms with Crippen molar-refractivity contribution in [1.29, 1.82) is 0 Å². The van der Waals surface area contributed by atoms with E-state index in [0.717, 1.165) is 0 Å². The van der Waals surface area contributed by atoms with Gasteiger partial charge in [0.25, 0.3) is 0 Å². The summed E-state index contributed by atoms with van der Waals surface area (Å²) in [5.74, 6) is 0.541. The van der Waals surface area contributed by atoms with Crippen LogP contribution in [0.4, 0.5) is 0 Å². The van der Waals surface area contributed by atoms with Crippen LogP contribution in [0.3, 0.4) is 0 Å². The third kappa shape index (κ3) is 4.27. The largest absolute Gasteiger partial charge is 0.394 e. The van der Waals surface area contributed by atoms with Gasteiger partial charge in [0, 0.05) is 12.6 Å². The van der Waals surface area contributed by atoms with Crippen LogP contribution in [0.5, 0.6) is 0 Å². The Bertz CT molecular complexity index is 1210. The molecule has 3 N–H and O–H groups in total. The third-order valence-electron chi connectivity index (χ3n) is 4.06. The van der Waals surface area contributed by atoms with Crippen molar-refractivity contribution in [3.63, 3.8) is 0 Å². The van der Waals surface area contributed by atoms with E-state index in [-0.39, 0.29) is 27.9 Å². The summed E-state index contributed by atoms with van der Waals surface area (Å²) in [6.07, 6.45) is 0. The second kappa shape index (κ2) is 8.78. The molecule has 158 valence electrons. The van der Waals surface area contributed by atoms with Crippen molar-refractivity contribution in [2.24, 2.45) is 17.9 Å². The van der Waals surface area contributed by atoms with Gasteiger partial charge in [-0.2, -0.15) is 5.10 Å². The van der Waals surface area contributed by atoms with Crippen LogP contribution < -0.4 is 10.5 Å². The van der Waals surface area contributed by atoms with E-state index in [1.165, 1.54) is 23.9 Å². The number of aryl methyl sites for hydroxylation is 1. The maximum atomic E-state index is 12.6. The zero-order valence-electron chi connectivity index (χ0n) is 16.5. The lowest BCUT2D eigenvalue weighted by molar-refractivity contribution is 0.158. The molecule has 0 atom stereocenters. The summed E-state index contributed by atoms with van der Waals surface area (Å²) in [6.45, 7) is 2.08. The molecule has 0 saturated heterocycles. The van der Waals surface area contributed by atoms with E-state index in [2.05, 4.69) is 24.9 Å². The molecule has 3 rings (SSSR count). The summed E-state index contributed by atoms with van der Waals surface area (Å²) in [5.41, 5.74) is 6.81. The molecule has 0 aliphatic heterocycles. The maximum Gasteiger partial charge on any atom is 0.242 e. The molecule has 0 aliphatic carbocycles. The van der Waals surface area contributed by atoms with Gasteiger partial charge in [0.1, 0.15) is 22.9 Å². The average molecular weight is 450 g/mol. The minimum Gasteiger partial charge on any atom is -0.394 e. The number of aromatic nitrogens is 4. The number of benzene rings is 1. The molecule has 0 unspecified atom stereocenters. The first-order valence-corrected chi connectivity index (χ1v) is 10.7. The van der Waals surface area contributed by atoms with Gasteiger partial charge in [0.05, 0.1) is 5.02 Å². The first kappa shape index (κ1) is 21.7. The summed E-state index contributed by atoms with van der Waals surface area (Å²) in [6, 6.07) is 9.89. The number of pyridine rings is 1. The van der Waals surface area contributed by atoms with Crippen LogP contribution in [0.2, 0.25) is 5.02 Å². The summed E-state index contributed by atoms with van der Waals surface area (Å²) in [5, 5.41) is 8.59. The minimum absolute atomic E-state index is 0.00000117. The van der Waals surface area contributed by atoms with Crippen molar-refractivity contribution >= 4 is 27.5 Å². The van der Waals surface area contributed by atoms with Gasteiger partial charge in [-0.15, -0.1) is 0 Å². The number of halogens is 1. The van der Waals surface area contributed by atoms with Crippen molar-refractivity contribution in [3.8, 4) is 22.9 Å². The highest BCUT2D eigenvalue weighted by molar-refractivity contribution is 7.89. The van der Waals surface area contributed by atoms with E-state index in [1.807, 2.05) is 0 Å². The van der Waals surface area contributed by atoms with Crippen LogP contribution in [0.1, 0.15) is 12.6 Å². The molecule has 0 radical (unpaired) electrons. The summed E-state index contributed by atoms with van der Waals surface area (Å²) in [4.78, 5) is 13.7. The predicted octanol–water partition coefficient (Wildman–Crippen LogP) is 1.76. The number of amidine groups is 1. The molecule has 2 heterocycles. The first-order chi connectivity index (χ1) is 14.3. The van der Waals surface area contributed by atoms with Gasteiger partial charge in [-0.1, -0.05) is 28.9 Å². The number of oxime groups is 1. The van der Waals surface area contributed by atoms with Crippen molar-refractivity contribution in [2.45, 2.75) is 11.8 Å². The number of hydrogen-bond donors (Lipinski definition) is 2. The van der Waals surface area contributed by atoms with E-state index >= 15 is 0 Å². The van der Waals surface area contributed by atoms with Crippen molar-refractivity contribution in [3.05, 3.63) is 47.1 Å². The van der Waals surface area contributed by atoms with Gasteiger partial charge in [-0.3, -0.25) is 0 Å². The standard InChI is InChI=1S/C18H20ClN7O3S/c1-4-29-25-16(20)13-9-10-14(30(27,28)21-2)15(22-13)18-23-17(24-26(18)3)11-7-5-6-8-12(11)19/h5-10,21H,4H2,1-3H3,(H2,20,25). The highest BCUT2D eigenvalue weighted by atomic mass is 35.5. The molecule has 0 amide bonds. The van der Waals surface area contributed by atoms with Gasteiger partial charge in [0.15, 0.2) is 17.5 Å². The number of nitrogens with one attached hydrogen (secondary N) is 1. The van der Waals surface area contributed by atoms with Crippen LogP contribution in [0.15, 0.2) is 46.4 Å².